The Bertz CT molecular complexity index is 288. The Labute approximate surface area is 99.9 Å². The van der Waals surface area contributed by atoms with Crippen LogP contribution in [0.2, 0.25) is 0 Å². The van der Waals surface area contributed by atoms with Gasteiger partial charge in [0.25, 0.3) is 0 Å². The van der Waals surface area contributed by atoms with Gasteiger partial charge in [-0.3, -0.25) is 0 Å². The summed E-state index contributed by atoms with van der Waals surface area (Å²) in [5.74, 6) is 2.66. The molecule has 1 fully saturated rings. The summed E-state index contributed by atoms with van der Waals surface area (Å²) in [6.45, 7) is 8.95. The lowest BCUT2D eigenvalue weighted by Crippen LogP contribution is -2.45. The van der Waals surface area contributed by atoms with Crippen molar-refractivity contribution in [3.63, 3.8) is 0 Å². The van der Waals surface area contributed by atoms with Crippen LogP contribution in [0.5, 0.6) is 0 Å². The van der Waals surface area contributed by atoms with E-state index in [1.54, 1.807) is 5.57 Å². The van der Waals surface area contributed by atoms with Crippen molar-refractivity contribution in [3.8, 4) is 0 Å². The first kappa shape index (κ1) is 12.2. The highest BCUT2D eigenvalue weighted by atomic mass is 16.3. The second-order valence-electron chi connectivity index (χ2n) is 6.37. The summed E-state index contributed by atoms with van der Waals surface area (Å²) >= 11 is 0. The van der Waals surface area contributed by atoms with Crippen molar-refractivity contribution in [2.24, 2.45) is 23.7 Å². The molecule has 1 saturated carbocycles. The normalized spacial score (nSPS) is 43.4. The van der Waals surface area contributed by atoms with Gasteiger partial charge >= 0.3 is 0 Å². The van der Waals surface area contributed by atoms with Crippen molar-refractivity contribution in [2.45, 2.75) is 59.0 Å². The van der Waals surface area contributed by atoms with Gasteiger partial charge in [0.1, 0.15) is 0 Å². The van der Waals surface area contributed by atoms with E-state index in [-0.39, 0.29) is 0 Å². The van der Waals surface area contributed by atoms with Gasteiger partial charge in [-0.2, -0.15) is 0 Å². The molecule has 0 amide bonds. The zero-order valence-corrected chi connectivity index (χ0v) is 11.2. The van der Waals surface area contributed by atoms with E-state index in [2.05, 4.69) is 26.8 Å². The van der Waals surface area contributed by atoms with Crippen molar-refractivity contribution in [1.29, 1.82) is 0 Å². The largest absolute Gasteiger partial charge is 0.390 e. The highest BCUT2D eigenvalue weighted by molar-refractivity contribution is 5.19. The molecule has 0 aromatic rings. The number of allylic oxidation sites excluding steroid dienone is 2. The molecule has 0 aliphatic heterocycles. The Kier molecular flexibility index (Phi) is 3.18. The number of fused-ring (bicyclic) bond motifs is 1. The second-order valence-corrected chi connectivity index (χ2v) is 6.37. The lowest BCUT2D eigenvalue weighted by molar-refractivity contribution is -0.0690. The third-order valence-electron chi connectivity index (χ3n) is 4.96. The molecule has 0 spiro atoms. The van der Waals surface area contributed by atoms with E-state index in [9.17, 15) is 5.11 Å². The fourth-order valence-corrected chi connectivity index (χ4v) is 3.81. The Hall–Kier alpha value is -0.300. The molecule has 1 heteroatoms. The zero-order chi connectivity index (χ0) is 11.9. The van der Waals surface area contributed by atoms with Crippen LogP contribution >= 0.6 is 0 Å². The summed E-state index contributed by atoms with van der Waals surface area (Å²) in [6, 6.07) is 0. The fourth-order valence-electron chi connectivity index (χ4n) is 3.81. The second kappa shape index (κ2) is 4.18. The number of aliphatic hydroxyl groups is 1. The molecule has 1 N–H and O–H groups in total. The standard InChI is InChI=1S/C15H26O/c1-5-11-8-13-12(10(2)3)6-7-15(4,16)14(13)9-11/h8,10,12-14,16H,5-7,9H2,1-4H3/t12-,13+,14+,15-/m1/s1. The number of hydrogen-bond acceptors (Lipinski definition) is 1. The van der Waals surface area contributed by atoms with Gasteiger partial charge in [-0.1, -0.05) is 32.4 Å². The van der Waals surface area contributed by atoms with Gasteiger partial charge in [-0.05, 0) is 56.3 Å². The molecule has 0 aromatic carbocycles. The van der Waals surface area contributed by atoms with E-state index in [1.807, 2.05) is 6.92 Å². The van der Waals surface area contributed by atoms with Gasteiger partial charge in [0, 0.05) is 0 Å². The Morgan fingerprint density at radius 1 is 1.50 bits per heavy atom. The molecule has 2 aliphatic carbocycles. The third-order valence-corrected chi connectivity index (χ3v) is 4.96. The lowest BCUT2D eigenvalue weighted by atomic mass is 9.63. The lowest BCUT2D eigenvalue weighted by Gasteiger charge is -2.45. The molecule has 2 aliphatic rings. The van der Waals surface area contributed by atoms with E-state index in [0.717, 1.165) is 31.1 Å². The van der Waals surface area contributed by atoms with E-state index in [1.165, 1.54) is 6.42 Å². The van der Waals surface area contributed by atoms with E-state index in [0.29, 0.717) is 11.8 Å². The Morgan fingerprint density at radius 3 is 2.75 bits per heavy atom. The zero-order valence-electron chi connectivity index (χ0n) is 11.2. The van der Waals surface area contributed by atoms with Gasteiger partial charge in [0.2, 0.25) is 0 Å². The highest BCUT2D eigenvalue weighted by Gasteiger charge is 2.47. The van der Waals surface area contributed by atoms with Crippen molar-refractivity contribution >= 4 is 0 Å². The quantitative estimate of drug-likeness (QED) is 0.705. The summed E-state index contributed by atoms with van der Waals surface area (Å²) in [5.41, 5.74) is 1.14. The molecule has 0 aromatic heterocycles. The summed E-state index contributed by atoms with van der Waals surface area (Å²) in [6.07, 6.45) is 6.97. The van der Waals surface area contributed by atoms with Crippen LogP contribution in [0, 0.1) is 23.7 Å². The predicted molar refractivity (Wildman–Crippen MR) is 68.2 cm³/mol. The average Bonchev–Trinajstić information content (AvgIpc) is 2.62. The first-order valence-electron chi connectivity index (χ1n) is 6.87. The number of hydrogen-bond donors (Lipinski definition) is 1. The fraction of sp³-hybridized carbons (Fsp3) is 0.867. The van der Waals surface area contributed by atoms with Crippen LogP contribution in [0.25, 0.3) is 0 Å². The smallest absolute Gasteiger partial charge is 0.0656 e. The Balaban J connectivity index is 2.23. The summed E-state index contributed by atoms with van der Waals surface area (Å²) in [4.78, 5) is 0. The van der Waals surface area contributed by atoms with E-state index >= 15 is 0 Å². The molecule has 0 saturated heterocycles. The average molecular weight is 222 g/mol. The van der Waals surface area contributed by atoms with Crippen molar-refractivity contribution in [2.75, 3.05) is 0 Å². The minimum absolute atomic E-state index is 0.427. The van der Waals surface area contributed by atoms with Gasteiger partial charge in [-0.25, -0.2) is 0 Å². The molecule has 0 unspecified atom stereocenters. The van der Waals surface area contributed by atoms with Crippen molar-refractivity contribution < 1.29 is 5.11 Å². The van der Waals surface area contributed by atoms with Crippen molar-refractivity contribution in [3.05, 3.63) is 11.6 Å². The molecule has 2 rings (SSSR count). The van der Waals surface area contributed by atoms with Crippen LogP contribution in [0.3, 0.4) is 0 Å². The maximum Gasteiger partial charge on any atom is 0.0656 e. The Morgan fingerprint density at radius 2 is 2.19 bits per heavy atom. The molecule has 0 heterocycles. The molecule has 0 radical (unpaired) electrons. The van der Waals surface area contributed by atoms with Crippen molar-refractivity contribution in [1.82, 2.24) is 0 Å². The maximum absolute atomic E-state index is 10.5. The van der Waals surface area contributed by atoms with Gasteiger partial charge in [-0.15, -0.1) is 0 Å². The molecular weight excluding hydrogens is 196 g/mol. The molecule has 4 atom stereocenters. The van der Waals surface area contributed by atoms with Crippen LogP contribution in [-0.4, -0.2) is 10.7 Å². The van der Waals surface area contributed by atoms with Gasteiger partial charge in [0.05, 0.1) is 5.60 Å². The van der Waals surface area contributed by atoms with Crippen LogP contribution < -0.4 is 0 Å². The number of rotatable bonds is 2. The predicted octanol–water partition coefficient (Wildman–Crippen LogP) is 3.78. The third kappa shape index (κ3) is 1.95. The highest BCUT2D eigenvalue weighted by Crippen LogP contribution is 2.51. The van der Waals surface area contributed by atoms with Crippen LogP contribution in [-0.2, 0) is 0 Å². The first-order valence-corrected chi connectivity index (χ1v) is 6.87. The first-order chi connectivity index (χ1) is 7.45. The van der Waals surface area contributed by atoms with Crippen LogP contribution in [0.1, 0.15) is 53.4 Å². The van der Waals surface area contributed by atoms with Crippen LogP contribution in [0.4, 0.5) is 0 Å². The van der Waals surface area contributed by atoms with Gasteiger partial charge < -0.3 is 5.11 Å². The minimum Gasteiger partial charge on any atom is -0.390 e. The molecule has 1 nitrogen and oxygen atoms in total. The molecule has 0 bridgehead atoms. The van der Waals surface area contributed by atoms with Gasteiger partial charge in [0.15, 0.2) is 0 Å². The van der Waals surface area contributed by atoms with Crippen LogP contribution in [0.15, 0.2) is 11.6 Å². The topological polar surface area (TPSA) is 20.2 Å². The monoisotopic (exact) mass is 222 g/mol. The summed E-state index contributed by atoms with van der Waals surface area (Å²) in [5, 5.41) is 10.5. The SMILES string of the molecule is CCC1=C[C@H]2[C@@H](C(C)C)CC[C@@](C)(O)[C@H]2C1. The summed E-state index contributed by atoms with van der Waals surface area (Å²) < 4.78 is 0. The summed E-state index contributed by atoms with van der Waals surface area (Å²) in [7, 11) is 0. The van der Waals surface area contributed by atoms with E-state index in [4.69, 9.17) is 0 Å². The van der Waals surface area contributed by atoms with E-state index < -0.39 is 5.60 Å². The molecular formula is C15H26O. The maximum atomic E-state index is 10.5. The molecule has 92 valence electrons. The molecule has 16 heavy (non-hydrogen) atoms. The minimum atomic E-state index is -0.427.